The molecule has 0 saturated carbocycles. The van der Waals surface area contributed by atoms with Crippen molar-refractivity contribution >= 4 is 40.0 Å². The van der Waals surface area contributed by atoms with Crippen LogP contribution in [0.4, 0.5) is 13.2 Å². The Morgan fingerprint density at radius 1 is 0.923 bits per heavy atom. The monoisotopic (exact) mass is 575 g/mol. The Kier molecular flexibility index (Phi) is 9.26. The molecule has 4 nitrogen and oxygen atoms in total. The number of alkyl halides is 3. The minimum absolute atomic E-state index is 0.0586. The average Bonchev–Trinajstić information content (AvgIpc) is 3.31. The van der Waals surface area contributed by atoms with Crippen LogP contribution in [0.2, 0.25) is 10.0 Å². The van der Waals surface area contributed by atoms with Gasteiger partial charge in [0.2, 0.25) is 5.91 Å². The van der Waals surface area contributed by atoms with Gasteiger partial charge in [-0.15, -0.1) is 0 Å². The first-order valence-corrected chi connectivity index (χ1v) is 13.4. The fraction of sp³-hybridized carbons (Fsp3) is 0.300. The van der Waals surface area contributed by atoms with Crippen molar-refractivity contribution in [2.24, 2.45) is 0 Å². The number of hydrogen-bond acceptors (Lipinski definition) is 2. The van der Waals surface area contributed by atoms with Crippen LogP contribution in [0.1, 0.15) is 36.1 Å². The normalized spacial score (nSPS) is 12.0. The van der Waals surface area contributed by atoms with Crippen LogP contribution in [0.15, 0.2) is 72.9 Å². The van der Waals surface area contributed by atoms with E-state index in [9.17, 15) is 18.0 Å². The van der Waals surface area contributed by atoms with Crippen molar-refractivity contribution in [3.63, 3.8) is 0 Å². The molecule has 1 N–H and O–H groups in total. The van der Waals surface area contributed by atoms with Crippen LogP contribution >= 0.6 is 23.2 Å². The first kappa shape index (κ1) is 29.0. The van der Waals surface area contributed by atoms with Crippen molar-refractivity contribution in [2.75, 3.05) is 13.1 Å². The number of amides is 1. The summed E-state index contributed by atoms with van der Waals surface area (Å²) in [6, 6.07) is 18.5. The van der Waals surface area contributed by atoms with E-state index in [-0.39, 0.29) is 25.0 Å². The van der Waals surface area contributed by atoms with E-state index in [0.29, 0.717) is 35.1 Å². The molecule has 0 atom stereocenters. The van der Waals surface area contributed by atoms with Gasteiger partial charge in [0, 0.05) is 42.8 Å². The van der Waals surface area contributed by atoms with Crippen molar-refractivity contribution in [1.29, 1.82) is 0 Å². The number of benzene rings is 3. The minimum Gasteiger partial charge on any atom is -0.361 e. The summed E-state index contributed by atoms with van der Waals surface area (Å²) in [5, 5.41) is 1.95. The van der Waals surface area contributed by atoms with E-state index >= 15 is 0 Å². The fourth-order valence-corrected chi connectivity index (χ4v) is 4.84. The molecule has 0 radical (unpaired) electrons. The third-order valence-corrected chi connectivity index (χ3v) is 7.48. The number of hydrogen-bond donors (Lipinski definition) is 1. The molecular weight excluding hydrogens is 546 g/mol. The summed E-state index contributed by atoms with van der Waals surface area (Å²) in [5.74, 6) is -0.124. The molecule has 0 spiro atoms. The first-order chi connectivity index (χ1) is 18.5. The van der Waals surface area contributed by atoms with Crippen molar-refractivity contribution in [3.05, 3.63) is 105 Å². The Bertz CT molecular complexity index is 1430. The van der Waals surface area contributed by atoms with Crippen molar-refractivity contribution in [2.45, 2.75) is 45.6 Å². The molecule has 0 fully saturated rings. The summed E-state index contributed by atoms with van der Waals surface area (Å²) in [6.07, 6.45) is -1.83. The third kappa shape index (κ3) is 7.56. The van der Waals surface area contributed by atoms with Gasteiger partial charge >= 0.3 is 6.18 Å². The number of aromatic nitrogens is 1. The number of rotatable bonds is 10. The predicted molar refractivity (Wildman–Crippen MR) is 151 cm³/mol. The summed E-state index contributed by atoms with van der Waals surface area (Å²) in [6.45, 7) is 4.91. The number of H-pyrrole nitrogens is 1. The second-order valence-electron chi connectivity index (χ2n) is 9.87. The molecule has 1 amide bonds. The lowest BCUT2D eigenvalue weighted by Crippen LogP contribution is -2.43. The van der Waals surface area contributed by atoms with E-state index in [1.54, 1.807) is 23.1 Å². The highest BCUT2D eigenvalue weighted by molar-refractivity contribution is 6.42. The topological polar surface area (TPSA) is 39.3 Å². The molecule has 4 aromatic rings. The number of halogens is 5. The molecule has 39 heavy (non-hydrogen) atoms. The maximum absolute atomic E-state index is 13.7. The fourth-order valence-electron chi connectivity index (χ4n) is 4.52. The van der Waals surface area contributed by atoms with Crippen LogP contribution in [0.25, 0.3) is 10.9 Å². The summed E-state index contributed by atoms with van der Waals surface area (Å²) < 4.78 is 39.7. The molecule has 206 valence electrons. The van der Waals surface area contributed by atoms with Crippen LogP contribution in [0.3, 0.4) is 0 Å². The highest BCUT2D eigenvalue weighted by atomic mass is 35.5. The standard InChI is InChI=1S/C30H30Cl2F3N3O/c1-20(2)38(18-21-6-5-7-24(14-21)30(33,34)35)19-29(39)37(17-22-10-11-26(31)27(32)15-22)13-12-23-16-36-28-9-4-3-8-25(23)28/h3-11,14-16,20,36H,12-13,17-19H2,1-2H3. The summed E-state index contributed by atoms with van der Waals surface area (Å²) >= 11 is 12.3. The molecular formula is C30H30Cl2F3N3O. The second kappa shape index (κ2) is 12.5. The van der Waals surface area contributed by atoms with E-state index in [2.05, 4.69) is 4.98 Å². The van der Waals surface area contributed by atoms with Crippen molar-refractivity contribution in [1.82, 2.24) is 14.8 Å². The van der Waals surface area contributed by atoms with Gasteiger partial charge in [0.25, 0.3) is 0 Å². The highest BCUT2D eigenvalue weighted by Gasteiger charge is 2.30. The van der Waals surface area contributed by atoms with Crippen molar-refractivity contribution < 1.29 is 18.0 Å². The lowest BCUT2D eigenvalue weighted by Gasteiger charge is -2.30. The van der Waals surface area contributed by atoms with Gasteiger partial charge in [-0.05, 0) is 61.2 Å². The van der Waals surface area contributed by atoms with Gasteiger partial charge < -0.3 is 9.88 Å². The SMILES string of the molecule is CC(C)N(CC(=O)N(CCc1c[nH]c2ccccc12)Cc1ccc(Cl)c(Cl)c1)Cc1cccc(C(F)(F)F)c1. The molecule has 0 saturated heterocycles. The van der Waals surface area contributed by atoms with E-state index in [1.165, 1.54) is 6.07 Å². The van der Waals surface area contributed by atoms with Gasteiger partial charge in [0.1, 0.15) is 0 Å². The zero-order chi connectivity index (χ0) is 28.2. The summed E-state index contributed by atoms with van der Waals surface area (Å²) in [4.78, 5) is 20.6. The lowest BCUT2D eigenvalue weighted by atomic mass is 10.1. The highest BCUT2D eigenvalue weighted by Crippen LogP contribution is 2.30. The number of para-hydroxylation sites is 1. The molecule has 0 unspecified atom stereocenters. The molecule has 1 aromatic heterocycles. The van der Waals surface area contributed by atoms with Gasteiger partial charge in [-0.25, -0.2) is 0 Å². The number of aromatic amines is 1. The number of fused-ring (bicyclic) bond motifs is 1. The molecule has 0 bridgehead atoms. The van der Waals surface area contributed by atoms with Gasteiger partial charge in [-0.2, -0.15) is 13.2 Å². The zero-order valence-electron chi connectivity index (χ0n) is 21.7. The van der Waals surface area contributed by atoms with Gasteiger partial charge in [-0.3, -0.25) is 9.69 Å². The maximum atomic E-state index is 13.7. The van der Waals surface area contributed by atoms with E-state index in [0.717, 1.165) is 34.2 Å². The van der Waals surface area contributed by atoms with E-state index < -0.39 is 11.7 Å². The molecule has 0 aliphatic rings. The van der Waals surface area contributed by atoms with Crippen LogP contribution < -0.4 is 0 Å². The maximum Gasteiger partial charge on any atom is 0.416 e. The van der Waals surface area contributed by atoms with Gasteiger partial charge in [-0.1, -0.05) is 65.7 Å². The third-order valence-electron chi connectivity index (χ3n) is 6.74. The van der Waals surface area contributed by atoms with Gasteiger partial charge in [0.15, 0.2) is 0 Å². The largest absolute Gasteiger partial charge is 0.416 e. The second-order valence-corrected chi connectivity index (χ2v) is 10.7. The Morgan fingerprint density at radius 2 is 1.67 bits per heavy atom. The number of nitrogens with one attached hydrogen (secondary N) is 1. The van der Waals surface area contributed by atoms with Crippen LogP contribution in [-0.4, -0.2) is 39.8 Å². The Hall–Kier alpha value is -3.00. The number of carbonyl (C=O) groups excluding carboxylic acids is 1. The summed E-state index contributed by atoms with van der Waals surface area (Å²) in [5.41, 5.74) is 2.77. The average molecular weight is 576 g/mol. The predicted octanol–water partition coefficient (Wildman–Crippen LogP) is 7.98. The lowest BCUT2D eigenvalue weighted by molar-refractivity contribution is -0.138. The molecule has 0 aliphatic carbocycles. The van der Waals surface area contributed by atoms with Crippen LogP contribution in [0, 0.1) is 0 Å². The quantitative estimate of drug-likeness (QED) is 0.208. The van der Waals surface area contributed by atoms with Gasteiger partial charge in [0.05, 0.1) is 22.2 Å². The molecule has 1 heterocycles. The molecule has 3 aromatic carbocycles. The molecule has 4 rings (SSSR count). The summed E-state index contributed by atoms with van der Waals surface area (Å²) in [7, 11) is 0. The molecule has 9 heteroatoms. The first-order valence-electron chi connectivity index (χ1n) is 12.7. The van der Waals surface area contributed by atoms with Crippen LogP contribution in [0.5, 0.6) is 0 Å². The Balaban J connectivity index is 1.54. The van der Waals surface area contributed by atoms with E-state index in [4.69, 9.17) is 23.2 Å². The van der Waals surface area contributed by atoms with E-state index in [1.807, 2.05) is 55.3 Å². The number of carbonyl (C=O) groups is 1. The molecule has 0 aliphatic heterocycles. The van der Waals surface area contributed by atoms with Crippen LogP contribution in [-0.2, 0) is 30.5 Å². The number of nitrogens with zero attached hydrogens (tertiary/aromatic N) is 2. The minimum atomic E-state index is -4.42. The Morgan fingerprint density at radius 3 is 2.38 bits per heavy atom. The van der Waals surface area contributed by atoms with Crippen molar-refractivity contribution in [3.8, 4) is 0 Å². The Labute approximate surface area is 236 Å². The smallest absolute Gasteiger partial charge is 0.361 e. The zero-order valence-corrected chi connectivity index (χ0v) is 23.2.